The first-order chi connectivity index (χ1) is 11.7. The lowest BCUT2D eigenvalue weighted by molar-refractivity contribution is -0.144. The van der Waals surface area contributed by atoms with E-state index in [2.05, 4.69) is 5.10 Å². The predicted octanol–water partition coefficient (Wildman–Crippen LogP) is 1.65. The van der Waals surface area contributed by atoms with Crippen molar-refractivity contribution in [1.29, 1.82) is 0 Å². The number of nitrogens with zero attached hydrogens (tertiary/aromatic N) is 3. The largest absolute Gasteiger partial charge is 0.465 e. The molecule has 0 aromatic carbocycles. The van der Waals surface area contributed by atoms with Crippen molar-refractivity contribution >= 4 is 23.9 Å². The second-order valence-corrected chi connectivity index (χ2v) is 6.71. The van der Waals surface area contributed by atoms with Gasteiger partial charge in [0.15, 0.2) is 5.78 Å². The van der Waals surface area contributed by atoms with E-state index in [1.54, 1.807) is 46.2 Å². The summed E-state index contributed by atoms with van der Waals surface area (Å²) in [7, 11) is 0. The number of Topliss-reactive ketones (excluding diaryl/α,β-unsaturated/α-hetero) is 1. The molecule has 0 aliphatic carbocycles. The molecular formula is C17H23N3O5. The summed E-state index contributed by atoms with van der Waals surface area (Å²) in [5.41, 5.74) is 0.570. The molecule has 1 aromatic rings. The van der Waals surface area contributed by atoms with E-state index in [1.807, 2.05) is 0 Å². The van der Waals surface area contributed by atoms with Crippen LogP contribution in [0.5, 0.6) is 0 Å². The summed E-state index contributed by atoms with van der Waals surface area (Å²) in [6.07, 6.45) is 4.35. The van der Waals surface area contributed by atoms with Gasteiger partial charge in [0, 0.05) is 17.3 Å². The fraction of sp³-hybridized carbons (Fsp3) is 0.529. The maximum atomic E-state index is 12.1. The smallest absolute Gasteiger partial charge is 0.411 e. The molecule has 1 saturated heterocycles. The van der Waals surface area contributed by atoms with Gasteiger partial charge in [0.05, 0.1) is 25.9 Å². The quantitative estimate of drug-likeness (QED) is 0.606. The van der Waals surface area contributed by atoms with Crippen LogP contribution in [0.4, 0.5) is 4.79 Å². The molecule has 136 valence electrons. The third-order valence-corrected chi connectivity index (χ3v) is 3.30. The SMILES string of the molecule is CCOC(=O)Cn1cc(/C=C2\CN(C(=O)OC(C)(C)C)CC2=O)cn1. The molecule has 2 heterocycles. The van der Waals surface area contributed by atoms with Gasteiger partial charge in [0.25, 0.3) is 0 Å². The minimum atomic E-state index is -0.610. The number of carbonyl (C=O) groups excluding carboxylic acids is 3. The second kappa shape index (κ2) is 7.50. The van der Waals surface area contributed by atoms with Crippen LogP contribution in [0.3, 0.4) is 0 Å². The maximum absolute atomic E-state index is 12.1. The van der Waals surface area contributed by atoms with Gasteiger partial charge < -0.3 is 9.47 Å². The number of ketones is 1. The first-order valence-corrected chi connectivity index (χ1v) is 8.07. The molecule has 2 rings (SSSR count). The minimum Gasteiger partial charge on any atom is -0.465 e. The van der Waals surface area contributed by atoms with Gasteiger partial charge in [-0.3, -0.25) is 19.2 Å². The molecule has 8 heteroatoms. The van der Waals surface area contributed by atoms with Crippen LogP contribution in [-0.4, -0.2) is 57.8 Å². The Morgan fingerprint density at radius 2 is 2.04 bits per heavy atom. The molecule has 1 aromatic heterocycles. The lowest BCUT2D eigenvalue weighted by Crippen LogP contribution is -2.35. The Morgan fingerprint density at radius 3 is 2.68 bits per heavy atom. The third-order valence-electron chi connectivity index (χ3n) is 3.30. The van der Waals surface area contributed by atoms with Crippen molar-refractivity contribution in [3.8, 4) is 0 Å². The van der Waals surface area contributed by atoms with E-state index < -0.39 is 11.7 Å². The zero-order valence-corrected chi connectivity index (χ0v) is 14.9. The number of ether oxygens (including phenoxy) is 2. The number of rotatable bonds is 4. The van der Waals surface area contributed by atoms with E-state index in [1.165, 1.54) is 9.58 Å². The standard InChI is InChI=1S/C17H23N3O5/c1-5-24-15(22)11-20-8-12(7-18-20)6-13-9-19(10-14(13)21)16(23)25-17(2,3)4/h6-8H,5,9-11H2,1-4H3/b13-6+. The highest BCUT2D eigenvalue weighted by Gasteiger charge is 2.31. The zero-order valence-electron chi connectivity index (χ0n) is 14.9. The van der Waals surface area contributed by atoms with Crippen molar-refractivity contribution in [2.24, 2.45) is 0 Å². The van der Waals surface area contributed by atoms with E-state index in [0.29, 0.717) is 17.7 Å². The summed E-state index contributed by atoms with van der Waals surface area (Å²) in [4.78, 5) is 37.0. The first-order valence-electron chi connectivity index (χ1n) is 8.07. The van der Waals surface area contributed by atoms with Gasteiger partial charge in [0.1, 0.15) is 12.1 Å². The molecule has 0 bridgehead atoms. The van der Waals surface area contributed by atoms with Crippen molar-refractivity contribution in [3.63, 3.8) is 0 Å². The van der Waals surface area contributed by atoms with Crippen molar-refractivity contribution < 1.29 is 23.9 Å². The highest BCUT2D eigenvalue weighted by atomic mass is 16.6. The van der Waals surface area contributed by atoms with Gasteiger partial charge in [-0.15, -0.1) is 0 Å². The number of carbonyl (C=O) groups is 3. The molecule has 1 aliphatic rings. The number of likely N-dealkylation sites (tertiary alicyclic amines) is 1. The normalized spacial score (nSPS) is 16.4. The number of amides is 1. The number of hydrogen-bond acceptors (Lipinski definition) is 6. The van der Waals surface area contributed by atoms with E-state index in [0.717, 1.165) is 0 Å². The molecule has 0 N–H and O–H groups in total. The average Bonchev–Trinajstić information content (AvgIpc) is 3.05. The van der Waals surface area contributed by atoms with E-state index in [-0.39, 0.29) is 31.4 Å². The molecule has 1 aliphatic heterocycles. The van der Waals surface area contributed by atoms with Crippen LogP contribution in [0.15, 0.2) is 18.0 Å². The van der Waals surface area contributed by atoms with Crippen LogP contribution < -0.4 is 0 Å². The van der Waals surface area contributed by atoms with E-state index in [4.69, 9.17) is 9.47 Å². The number of aromatic nitrogens is 2. The molecule has 0 saturated carbocycles. The van der Waals surface area contributed by atoms with Gasteiger partial charge in [0.2, 0.25) is 0 Å². The first kappa shape index (κ1) is 18.7. The zero-order chi connectivity index (χ0) is 18.6. The highest BCUT2D eigenvalue weighted by molar-refractivity contribution is 6.05. The Balaban J connectivity index is 2.02. The summed E-state index contributed by atoms with van der Waals surface area (Å²) in [6.45, 7) is 7.57. The monoisotopic (exact) mass is 349 g/mol. The summed E-state index contributed by atoms with van der Waals surface area (Å²) < 4.78 is 11.6. The van der Waals surface area contributed by atoms with Crippen LogP contribution >= 0.6 is 0 Å². The van der Waals surface area contributed by atoms with Gasteiger partial charge >= 0.3 is 12.1 Å². The lowest BCUT2D eigenvalue weighted by Gasteiger charge is -2.23. The molecule has 1 amide bonds. The summed E-state index contributed by atoms with van der Waals surface area (Å²) in [5, 5.41) is 4.06. The van der Waals surface area contributed by atoms with Crippen LogP contribution in [0.1, 0.15) is 33.3 Å². The molecule has 0 radical (unpaired) electrons. The number of esters is 1. The van der Waals surface area contributed by atoms with Gasteiger partial charge in [-0.1, -0.05) is 0 Å². The maximum Gasteiger partial charge on any atom is 0.411 e. The molecule has 0 atom stereocenters. The Morgan fingerprint density at radius 1 is 1.32 bits per heavy atom. The van der Waals surface area contributed by atoms with Crippen LogP contribution in [-0.2, 0) is 25.6 Å². The van der Waals surface area contributed by atoms with Crippen molar-refractivity contribution in [2.45, 2.75) is 39.8 Å². The lowest BCUT2D eigenvalue weighted by atomic mass is 10.1. The predicted molar refractivity (Wildman–Crippen MR) is 89.7 cm³/mol. The second-order valence-electron chi connectivity index (χ2n) is 6.71. The molecule has 0 spiro atoms. The summed E-state index contributed by atoms with van der Waals surface area (Å²) in [6, 6.07) is 0. The topological polar surface area (TPSA) is 90.7 Å². The van der Waals surface area contributed by atoms with Crippen LogP contribution in [0.2, 0.25) is 0 Å². The average molecular weight is 349 g/mol. The molecular weight excluding hydrogens is 326 g/mol. The molecule has 8 nitrogen and oxygen atoms in total. The minimum absolute atomic E-state index is 0.00227. The van der Waals surface area contributed by atoms with Gasteiger partial charge in [-0.2, -0.15) is 5.10 Å². The molecule has 1 fully saturated rings. The van der Waals surface area contributed by atoms with Crippen LogP contribution in [0, 0.1) is 0 Å². The van der Waals surface area contributed by atoms with E-state index >= 15 is 0 Å². The van der Waals surface area contributed by atoms with Gasteiger partial charge in [-0.05, 0) is 33.8 Å². The van der Waals surface area contributed by atoms with Crippen molar-refractivity contribution in [2.75, 3.05) is 19.7 Å². The van der Waals surface area contributed by atoms with Crippen molar-refractivity contribution in [1.82, 2.24) is 14.7 Å². The van der Waals surface area contributed by atoms with Gasteiger partial charge in [-0.25, -0.2) is 4.79 Å². The third kappa shape index (κ3) is 5.44. The fourth-order valence-electron chi connectivity index (χ4n) is 2.29. The Kier molecular flexibility index (Phi) is 5.61. The molecule has 0 unspecified atom stereocenters. The van der Waals surface area contributed by atoms with Crippen LogP contribution in [0.25, 0.3) is 6.08 Å². The Labute approximate surface area is 146 Å². The van der Waals surface area contributed by atoms with E-state index in [9.17, 15) is 14.4 Å². The molecule has 25 heavy (non-hydrogen) atoms. The Hall–Kier alpha value is -2.64. The number of hydrogen-bond donors (Lipinski definition) is 0. The Bertz CT molecular complexity index is 699. The highest BCUT2D eigenvalue weighted by Crippen LogP contribution is 2.18. The van der Waals surface area contributed by atoms with Crippen molar-refractivity contribution in [3.05, 3.63) is 23.5 Å². The summed E-state index contributed by atoms with van der Waals surface area (Å²) in [5.74, 6) is -0.512. The summed E-state index contributed by atoms with van der Waals surface area (Å²) >= 11 is 0. The fourth-order valence-corrected chi connectivity index (χ4v) is 2.29.